The van der Waals surface area contributed by atoms with Crippen LogP contribution in [-0.4, -0.2) is 30.2 Å². The van der Waals surface area contributed by atoms with Gasteiger partial charge in [0.25, 0.3) is 0 Å². The molecule has 1 aromatic heterocycles. The molecule has 1 unspecified atom stereocenters. The van der Waals surface area contributed by atoms with E-state index in [4.69, 9.17) is 9.47 Å². The van der Waals surface area contributed by atoms with Crippen LogP contribution < -0.4 is 14.8 Å². The molecular weight excluding hydrogens is 266 g/mol. The fourth-order valence-corrected chi connectivity index (χ4v) is 2.46. The third kappa shape index (κ3) is 3.49. The van der Waals surface area contributed by atoms with Gasteiger partial charge in [0.2, 0.25) is 0 Å². The van der Waals surface area contributed by atoms with Crippen molar-refractivity contribution in [3.8, 4) is 17.2 Å². The fraction of sp³-hybridized carbons (Fsp3) is 0.375. The monoisotopic (exact) mass is 285 g/mol. The molecular formula is C16H19N3O2. The van der Waals surface area contributed by atoms with Crippen LogP contribution in [0.3, 0.4) is 0 Å². The molecule has 21 heavy (non-hydrogen) atoms. The van der Waals surface area contributed by atoms with Crippen molar-refractivity contribution in [3.05, 3.63) is 42.5 Å². The van der Waals surface area contributed by atoms with Crippen molar-refractivity contribution in [1.29, 1.82) is 0 Å². The summed E-state index contributed by atoms with van der Waals surface area (Å²) in [7, 11) is 1.63. The first-order valence-corrected chi connectivity index (χ1v) is 7.20. The molecule has 2 heterocycles. The summed E-state index contributed by atoms with van der Waals surface area (Å²) in [6.45, 7) is 2.05. The molecule has 0 amide bonds. The molecule has 0 radical (unpaired) electrons. The van der Waals surface area contributed by atoms with Crippen LogP contribution in [-0.2, 0) is 0 Å². The summed E-state index contributed by atoms with van der Waals surface area (Å²) in [5.74, 6) is 3.41. The highest BCUT2D eigenvalue weighted by molar-refractivity contribution is 5.35. The first-order chi connectivity index (χ1) is 10.3. The van der Waals surface area contributed by atoms with Crippen LogP contribution in [0.1, 0.15) is 24.6 Å². The Hall–Kier alpha value is -2.14. The maximum Gasteiger partial charge on any atom is 0.164 e. The van der Waals surface area contributed by atoms with Crippen molar-refractivity contribution in [2.24, 2.45) is 0 Å². The normalized spacial score (nSPS) is 18.2. The molecule has 1 aliphatic heterocycles. The molecule has 1 saturated heterocycles. The maximum atomic E-state index is 5.74. The second-order valence-electron chi connectivity index (χ2n) is 5.10. The topological polar surface area (TPSA) is 56.3 Å². The van der Waals surface area contributed by atoms with E-state index in [1.165, 1.54) is 6.42 Å². The minimum absolute atomic E-state index is 0.407. The lowest BCUT2D eigenvalue weighted by Gasteiger charge is -2.21. The molecule has 2 aromatic rings. The van der Waals surface area contributed by atoms with Gasteiger partial charge >= 0.3 is 0 Å². The smallest absolute Gasteiger partial charge is 0.164 e. The van der Waals surface area contributed by atoms with Gasteiger partial charge in [0, 0.05) is 18.5 Å². The number of nitrogens with zero attached hydrogens (tertiary/aromatic N) is 2. The standard InChI is InChI=1S/C16H19N3O2/c1-20-13-5-2-6-14(8-13)21-15-10-18-16(19-11-15)12-4-3-7-17-9-12/h2,5-6,8,10-12,17H,3-4,7,9H2,1H3. The van der Waals surface area contributed by atoms with Gasteiger partial charge in [0.05, 0.1) is 19.5 Å². The van der Waals surface area contributed by atoms with Crippen LogP contribution in [0, 0.1) is 0 Å². The summed E-state index contributed by atoms with van der Waals surface area (Å²) in [5, 5.41) is 3.38. The molecule has 0 aliphatic carbocycles. The van der Waals surface area contributed by atoms with Crippen molar-refractivity contribution in [3.63, 3.8) is 0 Å². The summed E-state index contributed by atoms with van der Waals surface area (Å²) >= 11 is 0. The van der Waals surface area contributed by atoms with Gasteiger partial charge in [-0.05, 0) is 31.5 Å². The van der Waals surface area contributed by atoms with Gasteiger partial charge in [-0.3, -0.25) is 0 Å². The Morgan fingerprint density at radius 2 is 1.95 bits per heavy atom. The van der Waals surface area contributed by atoms with Crippen molar-refractivity contribution in [1.82, 2.24) is 15.3 Å². The van der Waals surface area contributed by atoms with E-state index in [2.05, 4.69) is 15.3 Å². The zero-order valence-electron chi connectivity index (χ0n) is 12.1. The number of aromatic nitrogens is 2. The Balaban J connectivity index is 1.68. The van der Waals surface area contributed by atoms with Crippen molar-refractivity contribution >= 4 is 0 Å². The van der Waals surface area contributed by atoms with Gasteiger partial charge in [-0.1, -0.05) is 6.07 Å². The summed E-state index contributed by atoms with van der Waals surface area (Å²) in [4.78, 5) is 8.87. The van der Waals surface area contributed by atoms with Gasteiger partial charge in [-0.25, -0.2) is 9.97 Å². The van der Waals surface area contributed by atoms with Gasteiger partial charge in [-0.15, -0.1) is 0 Å². The summed E-state index contributed by atoms with van der Waals surface area (Å²) in [5.41, 5.74) is 0. The maximum absolute atomic E-state index is 5.74. The number of piperidine rings is 1. The van der Waals surface area contributed by atoms with E-state index in [9.17, 15) is 0 Å². The lowest BCUT2D eigenvalue weighted by atomic mass is 9.99. The van der Waals surface area contributed by atoms with Gasteiger partial charge in [0.15, 0.2) is 5.75 Å². The molecule has 5 nitrogen and oxygen atoms in total. The largest absolute Gasteiger partial charge is 0.497 e. The molecule has 3 rings (SSSR count). The van der Waals surface area contributed by atoms with Crippen LogP contribution >= 0.6 is 0 Å². The number of benzene rings is 1. The number of nitrogens with one attached hydrogen (secondary N) is 1. The highest BCUT2D eigenvalue weighted by Crippen LogP contribution is 2.25. The van der Waals surface area contributed by atoms with E-state index in [1.807, 2.05) is 24.3 Å². The Morgan fingerprint density at radius 3 is 2.67 bits per heavy atom. The molecule has 1 aromatic carbocycles. The number of methoxy groups -OCH3 is 1. The van der Waals surface area contributed by atoms with Crippen LogP contribution in [0.2, 0.25) is 0 Å². The highest BCUT2D eigenvalue weighted by atomic mass is 16.5. The number of hydrogen-bond acceptors (Lipinski definition) is 5. The van der Waals surface area contributed by atoms with Crippen molar-refractivity contribution in [2.75, 3.05) is 20.2 Å². The molecule has 0 bridgehead atoms. The molecule has 110 valence electrons. The minimum atomic E-state index is 0.407. The van der Waals surface area contributed by atoms with Crippen molar-refractivity contribution < 1.29 is 9.47 Å². The lowest BCUT2D eigenvalue weighted by molar-refractivity contribution is 0.408. The Bertz CT molecular complexity index is 580. The first kappa shape index (κ1) is 13.8. The van der Waals surface area contributed by atoms with Crippen LogP contribution in [0.25, 0.3) is 0 Å². The minimum Gasteiger partial charge on any atom is -0.497 e. The van der Waals surface area contributed by atoms with E-state index >= 15 is 0 Å². The molecule has 5 heteroatoms. The zero-order chi connectivity index (χ0) is 14.5. The summed E-state index contributed by atoms with van der Waals surface area (Å²) in [6, 6.07) is 7.47. The third-order valence-electron chi connectivity index (χ3n) is 3.59. The fourth-order valence-electron chi connectivity index (χ4n) is 2.46. The first-order valence-electron chi connectivity index (χ1n) is 7.20. The molecule has 0 saturated carbocycles. The Kier molecular flexibility index (Phi) is 4.31. The van der Waals surface area contributed by atoms with Crippen LogP contribution in [0.5, 0.6) is 17.2 Å². The number of rotatable bonds is 4. The lowest BCUT2D eigenvalue weighted by Crippen LogP contribution is -2.29. The summed E-state index contributed by atoms with van der Waals surface area (Å²) in [6.07, 6.45) is 5.78. The molecule has 1 atom stereocenters. The molecule has 1 fully saturated rings. The average molecular weight is 285 g/mol. The Labute approximate surface area is 124 Å². The number of hydrogen-bond donors (Lipinski definition) is 1. The number of ether oxygens (including phenoxy) is 2. The molecule has 1 aliphatic rings. The second-order valence-corrected chi connectivity index (χ2v) is 5.10. The van der Waals surface area contributed by atoms with Crippen LogP contribution in [0.4, 0.5) is 0 Å². The summed E-state index contributed by atoms with van der Waals surface area (Å²) < 4.78 is 10.9. The van der Waals surface area contributed by atoms with Crippen molar-refractivity contribution in [2.45, 2.75) is 18.8 Å². The predicted octanol–water partition coefficient (Wildman–Crippen LogP) is 2.74. The predicted molar refractivity (Wildman–Crippen MR) is 79.9 cm³/mol. The van der Waals surface area contributed by atoms with E-state index in [-0.39, 0.29) is 0 Å². The quantitative estimate of drug-likeness (QED) is 0.936. The van der Waals surface area contributed by atoms with E-state index in [0.717, 1.165) is 31.1 Å². The Morgan fingerprint density at radius 1 is 1.14 bits per heavy atom. The van der Waals surface area contributed by atoms with Gasteiger partial charge < -0.3 is 14.8 Å². The van der Waals surface area contributed by atoms with Gasteiger partial charge in [0.1, 0.15) is 17.3 Å². The molecule has 0 spiro atoms. The van der Waals surface area contributed by atoms with Crippen LogP contribution in [0.15, 0.2) is 36.7 Å². The van der Waals surface area contributed by atoms with E-state index in [1.54, 1.807) is 19.5 Å². The SMILES string of the molecule is COc1cccc(Oc2cnc(C3CCCNC3)nc2)c1. The highest BCUT2D eigenvalue weighted by Gasteiger charge is 2.17. The zero-order valence-corrected chi connectivity index (χ0v) is 12.1. The second kappa shape index (κ2) is 6.54. The average Bonchev–Trinajstić information content (AvgIpc) is 2.56. The van der Waals surface area contributed by atoms with E-state index in [0.29, 0.717) is 17.4 Å². The third-order valence-corrected chi connectivity index (χ3v) is 3.59. The van der Waals surface area contributed by atoms with Gasteiger partial charge in [-0.2, -0.15) is 0 Å². The molecule has 1 N–H and O–H groups in total. The van der Waals surface area contributed by atoms with E-state index < -0.39 is 0 Å².